The monoisotopic (exact) mass is 292 g/mol. The van der Waals surface area contributed by atoms with Crippen LogP contribution in [0, 0.1) is 20.8 Å². The highest BCUT2D eigenvalue weighted by Gasteiger charge is 2.19. The molecule has 22 heavy (non-hydrogen) atoms. The first-order valence-corrected chi connectivity index (χ1v) is 7.53. The van der Waals surface area contributed by atoms with Crippen LogP contribution in [-0.4, -0.2) is 9.55 Å². The minimum absolute atomic E-state index is 1.01. The summed E-state index contributed by atoms with van der Waals surface area (Å²) in [6.45, 7) is 6.49. The van der Waals surface area contributed by atoms with Gasteiger partial charge in [-0.05, 0) is 38.5 Å². The zero-order valence-electron chi connectivity index (χ0n) is 13.9. The largest absolute Gasteiger partial charge is 0.334 e. The van der Waals surface area contributed by atoms with Crippen molar-refractivity contribution >= 4 is 0 Å². The maximum Gasteiger partial charge on any atom is 0.215 e. The molecule has 0 atom stereocenters. The minimum Gasteiger partial charge on any atom is -0.334 e. The van der Waals surface area contributed by atoms with Crippen molar-refractivity contribution in [2.45, 2.75) is 20.8 Å². The van der Waals surface area contributed by atoms with E-state index in [0.717, 1.165) is 5.82 Å². The fraction of sp³-hybridized carbons (Fsp3) is 0.263. The quantitative estimate of drug-likeness (QED) is 0.662. The first-order chi connectivity index (χ1) is 10.5. The number of rotatable bonds is 2. The molecule has 1 aromatic carbocycles. The van der Waals surface area contributed by atoms with Gasteiger partial charge in [0, 0.05) is 36.1 Å². The van der Waals surface area contributed by atoms with Crippen LogP contribution in [0.5, 0.6) is 0 Å². The molecule has 0 aliphatic carbocycles. The second-order valence-corrected chi connectivity index (χ2v) is 6.00. The summed E-state index contributed by atoms with van der Waals surface area (Å²) in [7, 11) is 4.15. The van der Waals surface area contributed by atoms with Gasteiger partial charge >= 0.3 is 0 Å². The Balaban J connectivity index is 2.25. The highest BCUT2D eigenvalue weighted by Crippen LogP contribution is 2.30. The Bertz CT molecular complexity index is 821. The third-order valence-electron chi connectivity index (χ3n) is 4.22. The first-order valence-electron chi connectivity index (χ1n) is 7.53. The molecule has 3 aromatic rings. The van der Waals surface area contributed by atoms with E-state index < -0.39 is 0 Å². The average Bonchev–Trinajstić information content (AvgIpc) is 2.86. The lowest BCUT2D eigenvalue weighted by Crippen LogP contribution is -2.32. The molecule has 3 heteroatoms. The van der Waals surface area contributed by atoms with Gasteiger partial charge in [0.05, 0.1) is 5.56 Å². The first kappa shape index (κ1) is 14.5. The number of benzene rings is 1. The van der Waals surface area contributed by atoms with Gasteiger partial charge in [-0.3, -0.25) is 0 Å². The molecule has 0 saturated carbocycles. The van der Waals surface area contributed by atoms with E-state index in [0.29, 0.717) is 0 Å². The van der Waals surface area contributed by atoms with Crippen LogP contribution in [0.25, 0.3) is 22.6 Å². The van der Waals surface area contributed by atoms with Crippen molar-refractivity contribution in [2.24, 2.45) is 14.1 Å². The summed E-state index contributed by atoms with van der Waals surface area (Å²) < 4.78 is 4.28. The van der Waals surface area contributed by atoms with Crippen LogP contribution in [0.1, 0.15) is 16.7 Å². The van der Waals surface area contributed by atoms with Crippen LogP contribution >= 0.6 is 0 Å². The molecule has 0 bridgehead atoms. The molecule has 0 unspecified atom stereocenters. The second kappa shape index (κ2) is 5.41. The van der Waals surface area contributed by atoms with Gasteiger partial charge in [0.15, 0.2) is 6.20 Å². The number of aromatic nitrogens is 3. The number of pyridine rings is 1. The van der Waals surface area contributed by atoms with Crippen LogP contribution in [0.15, 0.2) is 42.9 Å². The molecule has 0 aliphatic rings. The molecule has 2 aromatic heterocycles. The highest BCUT2D eigenvalue weighted by molar-refractivity contribution is 5.74. The molecule has 2 heterocycles. The van der Waals surface area contributed by atoms with Gasteiger partial charge in [-0.1, -0.05) is 12.1 Å². The summed E-state index contributed by atoms with van der Waals surface area (Å²) in [5, 5.41) is 0. The lowest BCUT2D eigenvalue weighted by Gasteiger charge is -2.12. The minimum atomic E-state index is 1.01. The smallest absolute Gasteiger partial charge is 0.215 e. The van der Waals surface area contributed by atoms with Gasteiger partial charge in [0.25, 0.3) is 0 Å². The Kier molecular flexibility index (Phi) is 3.57. The topological polar surface area (TPSA) is 21.7 Å². The molecular weight excluding hydrogens is 270 g/mol. The Hall–Kier alpha value is -2.42. The van der Waals surface area contributed by atoms with Crippen molar-refractivity contribution in [1.82, 2.24) is 9.55 Å². The Labute approximate surface area is 131 Å². The number of imidazole rings is 1. The van der Waals surface area contributed by atoms with Gasteiger partial charge in [-0.25, -0.2) is 9.55 Å². The predicted molar refractivity (Wildman–Crippen MR) is 89.5 cm³/mol. The molecule has 0 saturated heterocycles. The summed E-state index contributed by atoms with van der Waals surface area (Å²) in [6, 6.07) is 8.69. The van der Waals surface area contributed by atoms with Crippen molar-refractivity contribution in [3.63, 3.8) is 0 Å². The molecule has 0 spiro atoms. The molecule has 3 rings (SSSR count). The highest BCUT2D eigenvalue weighted by atomic mass is 15.0. The summed E-state index contributed by atoms with van der Waals surface area (Å²) in [5.41, 5.74) is 7.55. The van der Waals surface area contributed by atoms with Crippen molar-refractivity contribution in [1.29, 1.82) is 0 Å². The number of hydrogen-bond acceptors (Lipinski definition) is 1. The summed E-state index contributed by atoms with van der Waals surface area (Å²) in [4.78, 5) is 4.50. The second-order valence-electron chi connectivity index (χ2n) is 6.00. The lowest BCUT2D eigenvalue weighted by atomic mass is 9.96. The summed E-state index contributed by atoms with van der Waals surface area (Å²) in [6.07, 6.45) is 6.01. The SMILES string of the molecule is Cc1cc(C)c(-c2cccc(-c3nccn3C)c2C)[n+](C)c1. The Morgan fingerprint density at radius 2 is 1.82 bits per heavy atom. The number of hydrogen-bond donors (Lipinski definition) is 0. The van der Waals surface area contributed by atoms with Crippen LogP contribution < -0.4 is 4.57 Å². The van der Waals surface area contributed by atoms with Gasteiger partial charge < -0.3 is 4.57 Å². The van der Waals surface area contributed by atoms with Crippen LogP contribution in [0.2, 0.25) is 0 Å². The number of aryl methyl sites for hydroxylation is 4. The Morgan fingerprint density at radius 1 is 1.09 bits per heavy atom. The van der Waals surface area contributed by atoms with Crippen molar-refractivity contribution in [2.75, 3.05) is 0 Å². The molecular formula is C19H22N3+. The molecule has 112 valence electrons. The predicted octanol–water partition coefficient (Wildman–Crippen LogP) is 3.50. The standard InChI is InChI=1S/C19H22N3/c1-13-11-14(2)18(22(5)12-13)16-7-6-8-17(15(16)3)19-20-9-10-21(19)4/h6-12H,1-5H3/q+1. The third kappa shape index (κ3) is 2.33. The fourth-order valence-electron chi connectivity index (χ4n) is 3.26. The normalized spacial score (nSPS) is 11.0. The van der Waals surface area contributed by atoms with Crippen molar-refractivity contribution < 1.29 is 4.57 Å². The molecule has 0 amide bonds. The van der Waals surface area contributed by atoms with Crippen molar-refractivity contribution in [3.8, 4) is 22.6 Å². The zero-order valence-corrected chi connectivity index (χ0v) is 13.9. The summed E-state index contributed by atoms with van der Waals surface area (Å²) >= 11 is 0. The van der Waals surface area contributed by atoms with Gasteiger partial charge in [0.1, 0.15) is 12.9 Å². The van der Waals surface area contributed by atoms with E-state index in [2.05, 4.69) is 72.4 Å². The Morgan fingerprint density at radius 3 is 2.45 bits per heavy atom. The van der Waals surface area contributed by atoms with Crippen molar-refractivity contribution in [3.05, 3.63) is 59.5 Å². The number of nitrogens with zero attached hydrogens (tertiary/aromatic N) is 3. The molecule has 3 nitrogen and oxygen atoms in total. The summed E-state index contributed by atoms with van der Waals surface area (Å²) in [5.74, 6) is 1.01. The van der Waals surface area contributed by atoms with E-state index in [1.165, 1.54) is 33.5 Å². The molecule has 0 N–H and O–H groups in total. The lowest BCUT2D eigenvalue weighted by molar-refractivity contribution is -0.661. The molecule has 0 fully saturated rings. The van der Waals surface area contributed by atoms with E-state index in [1.54, 1.807) is 0 Å². The van der Waals surface area contributed by atoms with E-state index in [9.17, 15) is 0 Å². The van der Waals surface area contributed by atoms with Gasteiger partial charge in [0.2, 0.25) is 5.69 Å². The van der Waals surface area contributed by atoms with E-state index >= 15 is 0 Å². The molecule has 0 aliphatic heterocycles. The van der Waals surface area contributed by atoms with Gasteiger partial charge in [-0.2, -0.15) is 0 Å². The molecule has 0 radical (unpaired) electrons. The maximum absolute atomic E-state index is 4.50. The van der Waals surface area contributed by atoms with Gasteiger partial charge in [-0.15, -0.1) is 0 Å². The van der Waals surface area contributed by atoms with E-state index in [-0.39, 0.29) is 0 Å². The van der Waals surface area contributed by atoms with Crippen LogP contribution in [0.4, 0.5) is 0 Å². The van der Waals surface area contributed by atoms with E-state index in [1.807, 2.05) is 19.4 Å². The maximum atomic E-state index is 4.50. The van der Waals surface area contributed by atoms with E-state index in [4.69, 9.17) is 0 Å². The van der Waals surface area contributed by atoms with Crippen LogP contribution in [0.3, 0.4) is 0 Å². The third-order valence-corrected chi connectivity index (χ3v) is 4.22. The van der Waals surface area contributed by atoms with Crippen LogP contribution in [-0.2, 0) is 14.1 Å². The average molecular weight is 292 g/mol. The zero-order chi connectivity index (χ0) is 15.9. The fourth-order valence-corrected chi connectivity index (χ4v) is 3.26.